The number of nitrogens with zero attached hydrogens (tertiary/aromatic N) is 2. The predicted octanol–water partition coefficient (Wildman–Crippen LogP) is 3.74. The zero-order chi connectivity index (χ0) is 26.9. The standard InChI is InChI=1S/C27H39N3O5S/c1-20(2)18-28-27(32)22(4)29(19-23-13-15-24(35-5)16-14-23)26(31)12-9-17-30(36(6,33)34)25-11-8-7-10-21(25)3/h7-8,10-11,13-16,20,22H,9,12,17-19H2,1-6H3,(H,28,32)/t22-/m0/s1. The minimum absolute atomic E-state index is 0.107. The molecule has 198 valence electrons. The van der Waals surface area contributed by atoms with Crippen LogP contribution in [0, 0.1) is 12.8 Å². The van der Waals surface area contributed by atoms with Crippen molar-refractivity contribution in [1.29, 1.82) is 0 Å². The first-order chi connectivity index (χ1) is 16.9. The minimum atomic E-state index is -3.53. The van der Waals surface area contributed by atoms with Crippen LogP contribution < -0.4 is 14.4 Å². The van der Waals surface area contributed by atoms with Gasteiger partial charge in [-0.3, -0.25) is 13.9 Å². The number of amides is 2. The van der Waals surface area contributed by atoms with E-state index < -0.39 is 16.1 Å². The van der Waals surface area contributed by atoms with E-state index in [0.29, 0.717) is 24.4 Å². The molecule has 0 radical (unpaired) electrons. The quantitative estimate of drug-likeness (QED) is 0.437. The lowest BCUT2D eigenvalue weighted by Gasteiger charge is -2.30. The van der Waals surface area contributed by atoms with Gasteiger partial charge in [-0.05, 0) is 55.5 Å². The van der Waals surface area contributed by atoms with Gasteiger partial charge in [0, 0.05) is 26.1 Å². The summed E-state index contributed by atoms with van der Waals surface area (Å²) in [6.45, 7) is 8.53. The molecule has 1 atom stereocenters. The Labute approximate surface area is 215 Å². The van der Waals surface area contributed by atoms with Crippen molar-refractivity contribution < 1.29 is 22.7 Å². The number of sulfonamides is 1. The summed E-state index contributed by atoms with van der Waals surface area (Å²) in [7, 11) is -1.94. The van der Waals surface area contributed by atoms with E-state index >= 15 is 0 Å². The lowest BCUT2D eigenvalue weighted by Crippen LogP contribution is -2.48. The van der Waals surface area contributed by atoms with Gasteiger partial charge in [-0.2, -0.15) is 0 Å². The maximum absolute atomic E-state index is 13.3. The molecule has 0 saturated heterocycles. The van der Waals surface area contributed by atoms with Gasteiger partial charge in [0.05, 0.1) is 19.1 Å². The summed E-state index contributed by atoms with van der Waals surface area (Å²) >= 11 is 0. The molecule has 2 amide bonds. The lowest BCUT2D eigenvalue weighted by molar-refractivity contribution is -0.140. The average Bonchev–Trinajstić information content (AvgIpc) is 2.83. The van der Waals surface area contributed by atoms with Crippen molar-refractivity contribution in [1.82, 2.24) is 10.2 Å². The van der Waals surface area contributed by atoms with Gasteiger partial charge >= 0.3 is 0 Å². The summed E-state index contributed by atoms with van der Waals surface area (Å²) in [5.41, 5.74) is 2.31. The Morgan fingerprint density at radius 3 is 2.22 bits per heavy atom. The number of aryl methyl sites for hydroxylation is 1. The van der Waals surface area contributed by atoms with E-state index in [0.717, 1.165) is 11.1 Å². The average molecular weight is 518 g/mol. The number of carbonyl (C=O) groups excluding carboxylic acids is 2. The number of anilines is 1. The molecular formula is C27H39N3O5S. The zero-order valence-corrected chi connectivity index (χ0v) is 23.0. The fourth-order valence-electron chi connectivity index (χ4n) is 3.79. The SMILES string of the molecule is COc1ccc(CN(C(=O)CCCN(c2ccccc2C)S(C)(=O)=O)[C@@H](C)C(=O)NCC(C)C)cc1. The van der Waals surface area contributed by atoms with Crippen LogP contribution in [0.25, 0.3) is 0 Å². The highest BCUT2D eigenvalue weighted by molar-refractivity contribution is 7.92. The second kappa shape index (κ2) is 13.3. The molecular weight excluding hydrogens is 478 g/mol. The minimum Gasteiger partial charge on any atom is -0.497 e. The first kappa shape index (κ1) is 29.2. The molecule has 0 aromatic heterocycles. The monoisotopic (exact) mass is 517 g/mol. The molecule has 0 aliphatic rings. The van der Waals surface area contributed by atoms with Crippen molar-refractivity contribution in [2.24, 2.45) is 5.92 Å². The summed E-state index contributed by atoms with van der Waals surface area (Å²) in [5.74, 6) is 0.561. The largest absolute Gasteiger partial charge is 0.497 e. The van der Waals surface area contributed by atoms with Gasteiger partial charge in [0.25, 0.3) is 0 Å². The number of benzene rings is 2. The first-order valence-electron chi connectivity index (χ1n) is 12.2. The van der Waals surface area contributed by atoms with E-state index in [1.165, 1.54) is 10.6 Å². The zero-order valence-electron chi connectivity index (χ0n) is 22.2. The number of carbonyl (C=O) groups is 2. The molecule has 0 saturated carbocycles. The van der Waals surface area contributed by atoms with Crippen molar-refractivity contribution in [2.75, 3.05) is 30.8 Å². The van der Waals surface area contributed by atoms with E-state index in [1.54, 1.807) is 31.1 Å². The van der Waals surface area contributed by atoms with Crippen LogP contribution in [-0.4, -0.2) is 57.6 Å². The van der Waals surface area contributed by atoms with Gasteiger partial charge in [0.2, 0.25) is 21.8 Å². The van der Waals surface area contributed by atoms with Gasteiger partial charge in [-0.25, -0.2) is 8.42 Å². The van der Waals surface area contributed by atoms with E-state index in [1.807, 2.05) is 57.2 Å². The number of nitrogens with one attached hydrogen (secondary N) is 1. The number of hydrogen-bond donors (Lipinski definition) is 1. The number of hydrogen-bond acceptors (Lipinski definition) is 5. The molecule has 0 aliphatic carbocycles. The number of methoxy groups -OCH3 is 1. The molecule has 36 heavy (non-hydrogen) atoms. The summed E-state index contributed by atoms with van der Waals surface area (Å²) in [6, 6.07) is 13.9. The number of rotatable bonds is 13. The maximum Gasteiger partial charge on any atom is 0.242 e. The molecule has 2 rings (SSSR count). The van der Waals surface area contributed by atoms with Crippen LogP contribution in [0.3, 0.4) is 0 Å². The molecule has 0 fully saturated rings. The normalized spacial score (nSPS) is 12.2. The molecule has 0 spiro atoms. The van der Waals surface area contributed by atoms with Crippen LogP contribution in [0.5, 0.6) is 5.75 Å². The number of ether oxygens (including phenoxy) is 1. The Hall–Kier alpha value is -3.07. The third-order valence-electron chi connectivity index (χ3n) is 5.90. The fraction of sp³-hybridized carbons (Fsp3) is 0.481. The molecule has 0 heterocycles. The van der Waals surface area contributed by atoms with Crippen molar-refractivity contribution in [3.8, 4) is 5.75 Å². The fourth-order valence-corrected chi connectivity index (χ4v) is 4.81. The van der Waals surface area contributed by atoms with Crippen LogP contribution in [0.1, 0.15) is 44.7 Å². The van der Waals surface area contributed by atoms with Gasteiger partial charge < -0.3 is 15.0 Å². The van der Waals surface area contributed by atoms with Crippen LogP contribution >= 0.6 is 0 Å². The first-order valence-corrected chi connectivity index (χ1v) is 14.0. The maximum atomic E-state index is 13.3. The second-order valence-corrected chi connectivity index (χ2v) is 11.3. The van der Waals surface area contributed by atoms with Crippen molar-refractivity contribution in [3.63, 3.8) is 0 Å². The van der Waals surface area contributed by atoms with Gasteiger partial charge in [-0.15, -0.1) is 0 Å². The highest BCUT2D eigenvalue weighted by atomic mass is 32.2. The van der Waals surface area contributed by atoms with E-state index in [-0.39, 0.29) is 37.2 Å². The molecule has 9 heteroatoms. The Kier molecular flexibility index (Phi) is 10.8. The Bertz CT molecular complexity index is 1120. The Morgan fingerprint density at radius 2 is 1.67 bits per heavy atom. The summed E-state index contributed by atoms with van der Waals surface area (Å²) in [4.78, 5) is 27.7. The highest BCUT2D eigenvalue weighted by Crippen LogP contribution is 2.23. The van der Waals surface area contributed by atoms with Crippen LogP contribution in [-0.2, 0) is 26.2 Å². The molecule has 0 unspecified atom stereocenters. The molecule has 2 aromatic rings. The smallest absolute Gasteiger partial charge is 0.242 e. The molecule has 1 N–H and O–H groups in total. The lowest BCUT2D eigenvalue weighted by atomic mass is 10.1. The van der Waals surface area contributed by atoms with Gasteiger partial charge in [0.1, 0.15) is 11.8 Å². The highest BCUT2D eigenvalue weighted by Gasteiger charge is 2.27. The summed E-state index contributed by atoms with van der Waals surface area (Å²) < 4.78 is 31.5. The summed E-state index contributed by atoms with van der Waals surface area (Å²) in [6.07, 6.45) is 1.59. The predicted molar refractivity (Wildman–Crippen MR) is 143 cm³/mol. The van der Waals surface area contributed by atoms with Gasteiger partial charge in [0.15, 0.2) is 0 Å². The Morgan fingerprint density at radius 1 is 1.03 bits per heavy atom. The van der Waals surface area contributed by atoms with Crippen LogP contribution in [0.4, 0.5) is 5.69 Å². The molecule has 0 bridgehead atoms. The summed E-state index contributed by atoms with van der Waals surface area (Å²) in [5, 5.41) is 2.90. The second-order valence-electron chi connectivity index (χ2n) is 9.41. The van der Waals surface area contributed by atoms with Crippen molar-refractivity contribution in [3.05, 3.63) is 59.7 Å². The van der Waals surface area contributed by atoms with Crippen LogP contribution in [0.15, 0.2) is 48.5 Å². The van der Waals surface area contributed by atoms with E-state index in [2.05, 4.69) is 5.32 Å². The molecule has 0 aliphatic heterocycles. The number of para-hydroxylation sites is 1. The topological polar surface area (TPSA) is 96.0 Å². The molecule has 2 aromatic carbocycles. The van der Waals surface area contributed by atoms with Crippen molar-refractivity contribution in [2.45, 2.75) is 53.1 Å². The van der Waals surface area contributed by atoms with Gasteiger partial charge in [-0.1, -0.05) is 44.2 Å². The van der Waals surface area contributed by atoms with E-state index in [4.69, 9.17) is 4.74 Å². The van der Waals surface area contributed by atoms with E-state index in [9.17, 15) is 18.0 Å². The Balaban J connectivity index is 2.17. The third-order valence-corrected chi connectivity index (χ3v) is 7.08. The van der Waals surface area contributed by atoms with Crippen LogP contribution in [0.2, 0.25) is 0 Å². The molecule has 8 nitrogen and oxygen atoms in total. The van der Waals surface area contributed by atoms with Crippen molar-refractivity contribution >= 4 is 27.5 Å². The third kappa shape index (κ3) is 8.55.